The van der Waals surface area contributed by atoms with E-state index in [2.05, 4.69) is 15.4 Å². The highest BCUT2D eigenvalue weighted by Crippen LogP contribution is 2.36. The molecule has 0 bridgehead atoms. The summed E-state index contributed by atoms with van der Waals surface area (Å²) in [5.41, 5.74) is -0.223. The molecule has 9 nitrogen and oxygen atoms in total. The molecule has 2 atom stereocenters. The number of aromatic nitrogens is 3. The number of aryl methyl sites for hydroxylation is 3. The predicted octanol–water partition coefficient (Wildman–Crippen LogP) is 4.27. The zero-order valence-electron chi connectivity index (χ0n) is 21.2. The first-order chi connectivity index (χ1) is 18.2. The van der Waals surface area contributed by atoms with Crippen molar-refractivity contribution in [2.75, 3.05) is 22.2 Å². The fourth-order valence-electron chi connectivity index (χ4n) is 4.27. The van der Waals surface area contributed by atoms with E-state index < -0.39 is 53.1 Å². The first kappa shape index (κ1) is 28.0. The highest BCUT2D eigenvalue weighted by molar-refractivity contribution is 6.31. The van der Waals surface area contributed by atoms with Gasteiger partial charge < -0.3 is 10.2 Å². The minimum atomic E-state index is -4.75. The molecule has 1 saturated heterocycles. The van der Waals surface area contributed by atoms with E-state index in [4.69, 9.17) is 11.6 Å². The SMILES string of the molecule is Cc1cc(C(F)(F)F)cc(N2C(=O)C(C(=O)Nc3cc(C)n(C)n3)C[C@H]2C(=O)N(C)c2ccc(F)c(Cl)c2)n1. The van der Waals surface area contributed by atoms with Crippen LogP contribution in [0.3, 0.4) is 0 Å². The molecule has 3 heterocycles. The Morgan fingerprint density at radius 1 is 1.15 bits per heavy atom. The van der Waals surface area contributed by atoms with Crippen molar-refractivity contribution < 1.29 is 31.9 Å². The third kappa shape index (κ3) is 5.58. The number of benzene rings is 1. The lowest BCUT2D eigenvalue weighted by atomic mass is 10.0. The van der Waals surface area contributed by atoms with Gasteiger partial charge in [-0.3, -0.25) is 24.0 Å². The van der Waals surface area contributed by atoms with Crippen LogP contribution in [0.25, 0.3) is 0 Å². The summed E-state index contributed by atoms with van der Waals surface area (Å²) < 4.78 is 55.9. The van der Waals surface area contributed by atoms with Crippen molar-refractivity contribution in [2.45, 2.75) is 32.5 Å². The Morgan fingerprint density at radius 3 is 2.44 bits per heavy atom. The molecule has 1 aliphatic rings. The molecule has 0 spiro atoms. The summed E-state index contributed by atoms with van der Waals surface area (Å²) >= 11 is 5.85. The Bertz CT molecular complexity index is 1450. The Labute approximate surface area is 225 Å². The summed E-state index contributed by atoms with van der Waals surface area (Å²) in [6, 6.07) is 5.15. The number of hydrogen-bond donors (Lipinski definition) is 1. The normalized spacial score (nSPS) is 17.5. The second kappa shape index (κ2) is 10.3. The van der Waals surface area contributed by atoms with E-state index in [0.717, 1.165) is 27.6 Å². The number of nitrogens with one attached hydrogen (secondary N) is 1. The third-order valence-electron chi connectivity index (χ3n) is 6.41. The Hall–Kier alpha value is -4.00. The Morgan fingerprint density at radius 2 is 1.85 bits per heavy atom. The predicted molar refractivity (Wildman–Crippen MR) is 135 cm³/mol. The second-order valence-corrected chi connectivity index (χ2v) is 9.55. The van der Waals surface area contributed by atoms with Gasteiger partial charge in [0.25, 0.3) is 0 Å². The van der Waals surface area contributed by atoms with E-state index in [1.807, 2.05) is 0 Å². The Balaban J connectivity index is 1.73. The molecule has 0 radical (unpaired) electrons. The molecule has 14 heteroatoms. The summed E-state index contributed by atoms with van der Waals surface area (Å²) in [5, 5.41) is 6.38. The zero-order valence-corrected chi connectivity index (χ0v) is 21.9. The van der Waals surface area contributed by atoms with E-state index in [1.165, 1.54) is 30.8 Å². The van der Waals surface area contributed by atoms with Gasteiger partial charge in [0.05, 0.1) is 10.6 Å². The smallest absolute Gasteiger partial charge is 0.314 e. The number of rotatable bonds is 5. The number of likely N-dealkylation sites (N-methyl/N-ethyl adjacent to an activating group) is 1. The number of carbonyl (C=O) groups excluding carboxylic acids is 3. The number of amides is 3. The van der Waals surface area contributed by atoms with Gasteiger partial charge in [0.2, 0.25) is 17.7 Å². The summed E-state index contributed by atoms with van der Waals surface area (Å²) in [5.74, 6) is -4.84. The molecule has 0 saturated carbocycles. The molecular formula is C25H23ClF4N6O3. The summed E-state index contributed by atoms with van der Waals surface area (Å²) in [6.07, 6.45) is -5.11. The number of anilines is 3. The van der Waals surface area contributed by atoms with Crippen molar-refractivity contribution in [3.8, 4) is 0 Å². The lowest BCUT2D eigenvalue weighted by molar-refractivity contribution is -0.138. The average molecular weight is 567 g/mol. The maximum Gasteiger partial charge on any atom is 0.416 e. The maximum absolute atomic E-state index is 13.7. The summed E-state index contributed by atoms with van der Waals surface area (Å²) in [7, 11) is 2.99. The third-order valence-corrected chi connectivity index (χ3v) is 6.70. The first-order valence-corrected chi connectivity index (χ1v) is 12.0. The fourth-order valence-corrected chi connectivity index (χ4v) is 4.45. The minimum Gasteiger partial charge on any atom is -0.314 e. The quantitative estimate of drug-likeness (QED) is 0.367. The minimum absolute atomic E-state index is 0.0469. The van der Waals surface area contributed by atoms with Gasteiger partial charge in [0, 0.05) is 37.2 Å². The standard InChI is InChI=1S/C25H23ClF4N6O3/c1-12-7-14(25(28,29)30)9-21(31-12)36-19(24(39)34(3)15-5-6-18(27)17(26)10-15)11-16(23(36)38)22(37)32-20-8-13(2)35(4)33-20/h5-10,16,19H,11H2,1-4H3,(H,32,33,37)/t16?,19-/m0/s1. The number of hydrogen-bond acceptors (Lipinski definition) is 5. The van der Waals surface area contributed by atoms with Crippen LogP contribution in [0.1, 0.15) is 23.4 Å². The molecule has 206 valence electrons. The van der Waals surface area contributed by atoms with Gasteiger partial charge in [-0.2, -0.15) is 18.3 Å². The van der Waals surface area contributed by atoms with Gasteiger partial charge in [-0.25, -0.2) is 9.37 Å². The van der Waals surface area contributed by atoms with Crippen molar-refractivity contribution in [3.05, 3.63) is 64.2 Å². The van der Waals surface area contributed by atoms with Crippen molar-refractivity contribution in [1.82, 2.24) is 14.8 Å². The van der Waals surface area contributed by atoms with Crippen LogP contribution in [-0.4, -0.2) is 45.6 Å². The molecule has 4 rings (SSSR count). The van der Waals surface area contributed by atoms with Gasteiger partial charge in [-0.1, -0.05) is 11.6 Å². The Kier molecular flexibility index (Phi) is 7.39. The molecule has 1 aromatic carbocycles. The largest absolute Gasteiger partial charge is 0.416 e. The number of halogens is 5. The number of alkyl halides is 3. The molecule has 1 fully saturated rings. The van der Waals surface area contributed by atoms with E-state index >= 15 is 0 Å². The number of carbonyl (C=O) groups is 3. The molecule has 3 amide bonds. The molecule has 2 aromatic heterocycles. The monoisotopic (exact) mass is 566 g/mol. The van der Waals surface area contributed by atoms with E-state index in [0.29, 0.717) is 6.07 Å². The van der Waals surface area contributed by atoms with E-state index in [9.17, 15) is 31.9 Å². The van der Waals surface area contributed by atoms with Crippen LogP contribution in [-0.2, 0) is 27.6 Å². The van der Waals surface area contributed by atoms with Crippen LogP contribution < -0.4 is 15.1 Å². The van der Waals surface area contributed by atoms with Crippen LogP contribution in [0.2, 0.25) is 5.02 Å². The molecule has 39 heavy (non-hydrogen) atoms. The van der Waals surface area contributed by atoms with Crippen LogP contribution in [0, 0.1) is 25.6 Å². The maximum atomic E-state index is 13.7. The van der Waals surface area contributed by atoms with Crippen molar-refractivity contribution in [1.29, 1.82) is 0 Å². The van der Waals surface area contributed by atoms with Crippen molar-refractivity contribution >= 4 is 46.6 Å². The van der Waals surface area contributed by atoms with Crippen molar-refractivity contribution in [3.63, 3.8) is 0 Å². The molecule has 1 N–H and O–H groups in total. The topological polar surface area (TPSA) is 100 Å². The van der Waals surface area contributed by atoms with Crippen LogP contribution in [0.5, 0.6) is 0 Å². The average Bonchev–Trinajstić information content (AvgIpc) is 3.36. The van der Waals surface area contributed by atoms with Gasteiger partial charge in [-0.05, 0) is 50.6 Å². The lowest BCUT2D eigenvalue weighted by Gasteiger charge is -2.28. The van der Waals surface area contributed by atoms with Gasteiger partial charge in [-0.15, -0.1) is 0 Å². The van der Waals surface area contributed by atoms with Crippen LogP contribution in [0.15, 0.2) is 36.4 Å². The molecule has 3 aromatic rings. The zero-order chi connectivity index (χ0) is 28.8. The highest BCUT2D eigenvalue weighted by Gasteiger charge is 2.49. The molecule has 1 unspecified atom stereocenters. The van der Waals surface area contributed by atoms with Crippen LogP contribution >= 0.6 is 11.6 Å². The van der Waals surface area contributed by atoms with E-state index in [-0.39, 0.29) is 28.6 Å². The lowest BCUT2D eigenvalue weighted by Crippen LogP contribution is -2.46. The summed E-state index contributed by atoms with van der Waals surface area (Å²) in [4.78, 5) is 46.2. The van der Waals surface area contributed by atoms with Gasteiger partial charge >= 0.3 is 6.18 Å². The number of nitrogens with zero attached hydrogens (tertiary/aromatic N) is 5. The second-order valence-electron chi connectivity index (χ2n) is 9.14. The number of pyridine rings is 1. The molecule has 0 aliphatic carbocycles. The molecule has 1 aliphatic heterocycles. The van der Waals surface area contributed by atoms with E-state index in [1.54, 1.807) is 20.0 Å². The van der Waals surface area contributed by atoms with Gasteiger partial charge in [0.15, 0.2) is 5.82 Å². The van der Waals surface area contributed by atoms with Crippen LogP contribution in [0.4, 0.5) is 34.9 Å². The molecular weight excluding hydrogens is 544 g/mol. The first-order valence-electron chi connectivity index (χ1n) is 11.6. The summed E-state index contributed by atoms with van der Waals surface area (Å²) in [6.45, 7) is 3.06. The fraction of sp³-hybridized carbons (Fsp3) is 0.320. The highest BCUT2D eigenvalue weighted by atomic mass is 35.5. The van der Waals surface area contributed by atoms with Crippen molar-refractivity contribution in [2.24, 2.45) is 13.0 Å². The van der Waals surface area contributed by atoms with Gasteiger partial charge in [0.1, 0.15) is 23.6 Å².